The van der Waals surface area contributed by atoms with Gasteiger partial charge in [0.05, 0.1) is 0 Å². The van der Waals surface area contributed by atoms with E-state index in [1.54, 1.807) is 13.1 Å². The molecule has 1 aliphatic heterocycles. The molecule has 1 aliphatic rings. The van der Waals surface area contributed by atoms with Crippen molar-refractivity contribution in [1.29, 1.82) is 0 Å². The Morgan fingerprint density at radius 3 is 2.34 bits per heavy atom. The monoisotopic (exact) mass is 387 g/mol. The van der Waals surface area contributed by atoms with Crippen molar-refractivity contribution in [3.05, 3.63) is 78.1 Å². The summed E-state index contributed by atoms with van der Waals surface area (Å²) in [6.07, 6.45) is 3.33. The quantitative estimate of drug-likeness (QED) is 0.682. The van der Waals surface area contributed by atoms with Gasteiger partial charge in [-0.2, -0.15) is 0 Å². The molecule has 2 amide bonds. The maximum atomic E-state index is 13.5. The maximum absolute atomic E-state index is 13.5. The van der Waals surface area contributed by atoms with E-state index in [1.165, 1.54) is 0 Å². The van der Waals surface area contributed by atoms with E-state index in [4.69, 9.17) is 0 Å². The maximum Gasteiger partial charge on any atom is 0.273 e. The molecule has 0 saturated carbocycles. The second-order valence-corrected chi connectivity index (χ2v) is 7.57. The van der Waals surface area contributed by atoms with Crippen molar-refractivity contribution in [3.63, 3.8) is 0 Å². The third-order valence-electron chi connectivity index (χ3n) is 5.66. The zero-order valence-electron chi connectivity index (χ0n) is 16.6. The van der Waals surface area contributed by atoms with Gasteiger partial charge in [-0.25, -0.2) is 0 Å². The number of pyridine rings is 1. The average Bonchev–Trinajstić information content (AvgIpc) is 2.77. The number of hydrogen-bond acceptors (Lipinski definition) is 3. The standard InChI is InChI=1S/C24H25N3O2/c1-18(28)26-13-11-22(12-14-26)27(17-19-7-3-2-4-8-19)24(29)23-15-20-9-5-6-10-21(20)16-25-23/h2-10,15-16,22H,11-14,17H2,1H3. The lowest BCUT2D eigenvalue weighted by atomic mass is 10.0. The topological polar surface area (TPSA) is 53.5 Å². The molecule has 148 valence electrons. The van der Waals surface area contributed by atoms with E-state index in [2.05, 4.69) is 4.98 Å². The Balaban J connectivity index is 1.61. The van der Waals surface area contributed by atoms with E-state index in [0.29, 0.717) is 25.3 Å². The molecule has 0 spiro atoms. The Bertz CT molecular complexity index is 1010. The summed E-state index contributed by atoms with van der Waals surface area (Å²) in [6, 6.07) is 19.9. The number of carbonyl (C=O) groups excluding carboxylic acids is 2. The zero-order chi connectivity index (χ0) is 20.2. The van der Waals surface area contributed by atoms with Gasteiger partial charge in [0.15, 0.2) is 0 Å². The van der Waals surface area contributed by atoms with Gasteiger partial charge >= 0.3 is 0 Å². The number of amides is 2. The van der Waals surface area contributed by atoms with Crippen LogP contribution in [0, 0.1) is 0 Å². The van der Waals surface area contributed by atoms with Crippen LogP contribution in [0.1, 0.15) is 35.8 Å². The van der Waals surface area contributed by atoms with Gasteiger partial charge in [0, 0.05) is 44.2 Å². The van der Waals surface area contributed by atoms with Crippen molar-refractivity contribution < 1.29 is 9.59 Å². The molecule has 5 nitrogen and oxygen atoms in total. The molecule has 3 aromatic rings. The summed E-state index contributed by atoms with van der Waals surface area (Å²) >= 11 is 0. The number of carbonyl (C=O) groups is 2. The molecule has 1 aromatic heterocycles. The van der Waals surface area contributed by atoms with Crippen LogP contribution in [0.4, 0.5) is 0 Å². The van der Waals surface area contributed by atoms with E-state index < -0.39 is 0 Å². The fourth-order valence-corrected chi connectivity index (χ4v) is 3.99. The molecule has 1 saturated heterocycles. The molecule has 0 unspecified atom stereocenters. The first-order chi connectivity index (χ1) is 14.1. The molecule has 1 fully saturated rings. The summed E-state index contributed by atoms with van der Waals surface area (Å²) in [5.74, 6) is 0.0430. The van der Waals surface area contributed by atoms with Gasteiger partial charge < -0.3 is 9.80 Å². The summed E-state index contributed by atoms with van der Waals surface area (Å²) in [6.45, 7) is 3.51. The lowest BCUT2D eigenvalue weighted by Gasteiger charge is -2.38. The molecule has 5 heteroatoms. The van der Waals surface area contributed by atoms with Crippen LogP contribution >= 0.6 is 0 Å². The molecule has 29 heavy (non-hydrogen) atoms. The largest absolute Gasteiger partial charge is 0.343 e. The lowest BCUT2D eigenvalue weighted by molar-refractivity contribution is -0.130. The second kappa shape index (κ2) is 8.43. The Morgan fingerprint density at radius 2 is 1.66 bits per heavy atom. The van der Waals surface area contributed by atoms with Crippen molar-refractivity contribution >= 4 is 22.6 Å². The summed E-state index contributed by atoms with van der Waals surface area (Å²) in [4.78, 5) is 33.4. The van der Waals surface area contributed by atoms with Gasteiger partial charge in [-0.05, 0) is 29.9 Å². The summed E-state index contributed by atoms with van der Waals surface area (Å²) < 4.78 is 0. The van der Waals surface area contributed by atoms with Crippen LogP contribution in [0.3, 0.4) is 0 Å². The summed E-state index contributed by atoms with van der Waals surface area (Å²) in [7, 11) is 0. The minimum absolute atomic E-state index is 0.0547. The Morgan fingerprint density at radius 1 is 1.00 bits per heavy atom. The van der Waals surface area contributed by atoms with Gasteiger partial charge in [0.25, 0.3) is 5.91 Å². The van der Waals surface area contributed by atoms with E-state index >= 15 is 0 Å². The number of benzene rings is 2. The Labute approximate surface area is 171 Å². The van der Waals surface area contributed by atoms with Crippen LogP contribution < -0.4 is 0 Å². The highest BCUT2D eigenvalue weighted by Crippen LogP contribution is 2.22. The van der Waals surface area contributed by atoms with E-state index in [1.807, 2.05) is 70.5 Å². The third-order valence-corrected chi connectivity index (χ3v) is 5.66. The molecular weight excluding hydrogens is 362 g/mol. The highest BCUT2D eigenvalue weighted by atomic mass is 16.2. The number of hydrogen-bond donors (Lipinski definition) is 0. The molecular formula is C24H25N3O2. The molecule has 0 bridgehead atoms. The second-order valence-electron chi connectivity index (χ2n) is 7.57. The van der Waals surface area contributed by atoms with Crippen molar-refractivity contribution in [2.75, 3.05) is 13.1 Å². The average molecular weight is 387 g/mol. The van der Waals surface area contributed by atoms with Gasteiger partial charge in [0.1, 0.15) is 5.69 Å². The first kappa shape index (κ1) is 19.1. The normalized spacial score (nSPS) is 14.7. The SMILES string of the molecule is CC(=O)N1CCC(N(Cc2ccccc2)C(=O)c2cc3ccccc3cn2)CC1. The molecule has 0 aliphatic carbocycles. The number of likely N-dealkylation sites (tertiary alicyclic amines) is 1. The smallest absolute Gasteiger partial charge is 0.273 e. The molecule has 2 heterocycles. The molecule has 0 atom stereocenters. The molecule has 4 rings (SSSR count). The molecule has 0 radical (unpaired) electrons. The zero-order valence-corrected chi connectivity index (χ0v) is 16.6. The van der Waals surface area contributed by atoms with Crippen molar-refractivity contribution in [2.45, 2.75) is 32.4 Å². The van der Waals surface area contributed by atoms with Gasteiger partial charge in [-0.1, -0.05) is 54.6 Å². The van der Waals surface area contributed by atoms with Crippen LogP contribution in [0.15, 0.2) is 66.9 Å². The number of nitrogens with zero attached hydrogens (tertiary/aromatic N) is 3. The van der Waals surface area contributed by atoms with E-state index in [0.717, 1.165) is 29.2 Å². The minimum atomic E-state index is -0.0547. The van der Waals surface area contributed by atoms with Crippen LogP contribution in [0.5, 0.6) is 0 Å². The van der Waals surface area contributed by atoms with E-state index in [-0.39, 0.29) is 17.9 Å². The lowest BCUT2D eigenvalue weighted by Crippen LogP contribution is -2.48. The highest BCUT2D eigenvalue weighted by molar-refractivity contribution is 5.96. The fourth-order valence-electron chi connectivity index (χ4n) is 3.99. The van der Waals surface area contributed by atoms with Crippen LogP contribution in [-0.2, 0) is 11.3 Å². The van der Waals surface area contributed by atoms with Crippen LogP contribution in [-0.4, -0.2) is 45.7 Å². The third kappa shape index (κ3) is 4.29. The fraction of sp³-hybridized carbons (Fsp3) is 0.292. The van der Waals surface area contributed by atoms with Crippen molar-refractivity contribution in [3.8, 4) is 0 Å². The van der Waals surface area contributed by atoms with Crippen molar-refractivity contribution in [2.24, 2.45) is 0 Å². The van der Waals surface area contributed by atoms with Gasteiger partial charge in [0.2, 0.25) is 5.91 Å². The summed E-state index contributed by atoms with van der Waals surface area (Å²) in [5, 5.41) is 2.03. The summed E-state index contributed by atoms with van der Waals surface area (Å²) in [5.41, 5.74) is 1.56. The number of aromatic nitrogens is 1. The first-order valence-electron chi connectivity index (χ1n) is 10.1. The van der Waals surface area contributed by atoms with Gasteiger partial charge in [-0.3, -0.25) is 14.6 Å². The Hall–Kier alpha value is -3.21. The van der Waals surface area contributed by atoms with Crippen LogP contribution in [0.2, 0.25) is 0 Å². The first-order valence-corrected chi connectivity index (χ1v) is 10.1. The Kier molecular flexibility index (Phi) is 5.56. The minimum Gasteiger partial charge on any atom is -0.343 e. The van der Waals surface area contributed by atoms with Gasteiger partial charge in [-0.15, -0.1) is 0 Å². The predicted octanol–water partition coefficient (Wildman–Crippen LogP) is 3.89. The number of piperidine rings is 1. The van der Waals surface area contributed by atoms with Crippen LogP contribution in [0.25, 0.3) is 10.8 Å². The molecule has 0 N–H and O–H groups in total. The van der Waals surface area contributed by atoms with Crippen molar-refractivity contribution in [1.82, 2.24) is 14.8 Å². The number of fused-ring (bicyclic) bond motifs is 1. The number of rotatable bonds is 4. The van der Waals surface area contributed by atoms with E-state index in [9.17, 15) is 9.59 Å². The highest BCUT2D eigenvalue weighted by Gasteiger charge is 2.30. The predicted molar refractivity (Wildman–Crippen MR) is 113 cm³/mol. The molecule has 2 aromatic carbocycles.